The molecule has 4 heteroatoms. The molecule has 4 saturated carbocycles. The molecule has 248 valence electrons. The maximum absolute atomic E-state index is 12.7. The molecule has 0 aromatic heterocycles. The average molecular weight is 623 g/mol. The number of benzene rings is 1. The predicted molar refractivity (Wildman–Crippen MR) is 186 cm³/mol. The van der Waals surface area contributed by atoms with E-state index in [1.165, 1.54) is 44.1 Å². The maximum atomic E-state index is 12.7. The standard InChI is InChI=1S/C40H66O3Si/c1-27(2)35(43-44(9,10)38(4,5)6)19-16-28(3)32-17-18-33-37-34(21-23-40(32,33)8)39(7)22-20-31(41)24-30(39)25-36(37)42-26-29-14-12-11-13-15-29/h11-15,27-28,30,32-37H,16-26H2,1-10H3/t28-,30?,32+,33?,34?,35?,36?,37?,39-,40+/m0/s1. The van der Waals surface area contributed by atoms with Crippen LogP contribution in [0.2, 0.25) is 18.1 Å². The fourth-order valence-corrected chi connectivity index (χ4v) is 12.1. The lowest BCUT2D eigenvalue weighted by Crippen LogP contribution is -2.59. The Morgan fingerprint density at radius 3 is 2.27 bits per heavy atom. The summed E-state index contributed by atoms with van der Waals surface area (Å²) in [5, 5.41) is 0.247. The van der Waals surface area contributed by atoms with E-state index in [9.17, 15) is 4.79 Å². The van der Waals surface area contributed by atoms with Gasteiger partial charge in [-0.25, -0.2) is 0 Å². The largest absolute Gasteiger partial charge is 0.414 e. The summed E-state index contributed by atoms with van der Waals surface area (Å²) in [5.41, 5.74) is 1.95. The van der Waals surface area contributed by atoms with Gasteiger partial charge in [-0.2, -0.15) is 0 Å². The lowest BCUT2D eigenvalue weighted by Gasteiger charge is -2.62. The van der Waals surface area contributed by atoms with E-state index in [2.05, 4.69) is 98.8 Å². The zero-order valence-electron chi connectivity index (χ0n) is 30.1. The Morgan fingerprint density at radius 1 is 0.932 bits per heavy atom. The summed E-state index contributed by atoms with van der Waals surface area (Å²) >= 11 is 0. The third-order valence-electron chi connectivity index (χ3n) is 14.4. The van der Waals surface area contributed by atoms with E-state index in [-0.39, 0.29) is 11.1 Å². The van der Waals surface area contributed by atoms with E-state index < -0.39 is 8.32 Å². The fraction of sp³-hybridized carbons (Fsp3) is 0.825. The second kappa shape index (κ2) is 12.9. The number of ether oxygens (including phenoxy) is 1. The van der Waals surface area contributed by atoms with Gasteiger partial charge in [0.05, 0.1) is 12.7 Å². The molecule has 0 saturated heterocycles. The molecule has 44 heavy (non-hydrogen) atoms. The van der Waals surface area contributed by atoms with Crippen LogP contribution in [-0.2, 0) is 20.6 Å². The summed E-state index contributed by atoms with van der Waals surface area (Å²) in [5.74, 6) is 5.06. The average Bonchev–Trinajstić information content (AvgIpc) is 3.31. The highest BCUT2D eigenvalue weighted by Gasteiger charge is 2.63. The number of Topliss-reactive ketones (excluding diaryl/α,β-unsaturated/α-hetero) is 1. The zero-order valence-corrected chi connectivity index (χ0v) is 31.1. The van der Waals surface area contributed by atoms with Crippen LogP contribution in [0.15, 0.2) is 30.3 Å². The molecule has 0 bridgehead atoms. The van der Waals surface area contributed by atoms with Gasteiger partial charge < -0.3 is 9.16 Å². The van der Waals surface area contributed by atoms with Gasteiger partial charge in [-0.15, -0.1) is 0 Å². The van der Waals surface area contributed by atoms with Gasteiger partial charge in [0, 0.05) is 18.9 Å². The number of carbonyl (C=O) groups is 1. The number of hydrogen-bond acceptors (Lipinski definition) is 3. The van der Waals surface area contributed by atoms with E-state index in [1.807, 2.05) is 0 Å². The van der Waals surface area contributed by atoms with Gasteiger partial charge in [0.1, 0.15) is 5.78 Å². The Labute approximate surface area is 272 Å². The molecule has 0 spiro atoms. The smallest absolute Gasteiger partial charge is 0.192 e. The van der Waals surface area contributed by atoms with Crippen LogP contribution in [0.3, 0.4) is 0 Å². The molecule has 5 rings (SSSR count). The van der Waals surface area contributed by atoms with Crippen molar-refractivity contribution in [1.29, 1.82) is 0 Å². The molecule has 0 N–H and O–H groups in total. The van der Waals surface area contributed by atoms with Crippen LogP contribution >= 0.6 is 0 Å². The molecule has 4 aliphatic carbocycles. The van der Waals surface area contributed by atoms with Crippen molar-refractivity contribution in [3.8, 4) is 0 Å². The van der Waals surface area contributed by atoms with Crippen molar-refractivity contribution in [3.63, 3.8) is 0 Å². The van der Waals surface area contributed by atoms with Crippen LogP contribution < -0.4 is 0 Å². The molecule has 4 aliphatic rings. The summed E-state index contributed by atoms with van der Waals surface area (Å²) in [4.78, 5) is 12.7. The minimum Gasteiger partial charge on any atom is -0.414 e. The third kappa shape index (κ3) is 6.57. The van der Waals surface area contributed by atoms with Gasteiger partial charge in [0.15, 0.2) is 8.32 Å². The number of ketones is 1. The normalized spacial score (nSPS) is 37.3. The monoisotopic (exact) mass is 622 g/mol. The number of fused-ring (bicyclic) bond motifs is 5. The van der Waals surface area contributed by atoms with Crippen molar-refractivity contribution < 1.29 is 14.0 Å². The highest BCUT2D eigenvalue weighted by Crippen LogP contribution is 2.68. The van der Waals surface area contributed by atoms with Crippen LogP contribution in [-0.4, -0.2) is 26.3 Å². The van der Waals surface area contributed by atoms with Crippen LogP contribution in [0.1, 0.15) is 125 Å². The first kappa shape index (κ1) is 34.4. The van der Waals surface area contributed by atoms with E-state index in [0.717, 1.165) is 37.5 Å². The number of rotatable bonds is 10. The minimum atomic E-state index is -1.80. The quantitative estimate of drug-likeness (QED) is 0.244. The Balaban J connectivity index is 1.33. The molecular weight excluding hydrogens is 557 g/mol. The van der Waals surface area contributed by atoms with Crippen LogP contribution in [0.25, 0.3) is 0 Å². The molecule has 3 nitrogen and oxygen atoms in total. The van der Waals surface area contributed by atoms with Crippen molar-refractivity contribution >= 4 is 14.1 Å². The van der Waals surface area contributed by atoms with Gasteiger partial charge >= 0.3 is 0 Å². The lowest BCUT2D eigenvalue weighted by atomic mass is 9.43. The third-order valence-corrected chi connectivity index (χ3v) is 18.9. The Morgan fingerprint density at radius 2 is 1.61 bits per heavy atom. The molecule has 1 aromatic rings. The second-order valence-electron chi connectivity index (χ2n) is 18.3. The number of hydrogen-bond donors (Lipinski definition) is 0. The topological polar surface area (TPSA) is 35.5 Å². The molecule has 1 aromatic carbocycles. The first-order valence-electron chi connectivity index (χ1n) is 18.4. The van der Waals surface area contributed by atoms with Gasteiger partial charge in [0.2, 0.25) is 0 Å². The maximum Gasteiger partial charge on any atom is 0.192 e. The Hall–Kier alpha value is -0.973. The van der Waals surface area contributed by atoms with Crippen molar-refractivity contribution in [2.75, 3.05) is 0 Å². The SMILES string of the molecule is CC(C)C(CC[C@H](C)[C@H]1CCC2C3C(OCc4ccccc4)CC4CC(=O)CC[C@]4(C)C3CC[C@@]21C)O[Si](C)(C)C(C)(C)C. The predicted octanol–water partition coefficient (Wildman–Crippen LogP) is 10.9. The molecule has 0 amide bonds. The summed E-state index contributed by atoms with van der Waals surface area (Å²) in [7, 11) is -1.80. The summed E-state index contributed by atoms with van der Waals surface area (Å²) in [6.07, 6.45) is 12.2. The van der Waals surface area contributed by atoms with Crippen molar-refractivity contribution in [2.24, 2.45) is 52.3 Å². The van der Waals surface area contributed by atoms with E-state index in [1.54, 1.807) is 0 Å². The molecule has 4 fully saturated rings. The summed E-state index contributed by atoms with van der Waals surface area (Å²) < 4.78 is 14.0. The number of carbonyl (C=O) groups excluding carboxylic acids is 1. The van der Waals surface area contributed by atoms with E-state index in [4.69, 9.17) is 9.16 Å². The van der Waals surface area contributed by atoms with E-state index in [0.29, 0.717) is 58.9 Å². The van der Waals surface area contributed by atoms with Gasteiger partial charge in [0.25, 0.3) is 0 Å². The molecule has 10 atom stereocenters. The first-order valence-corrected chi connectivity index (χ1v) is 21.3. The summed E-state index contributed by atoms with van der Waals surface area (Å²) in [6.45, 7) is 25.2. The van der Waals surface area contributed by atoms with Crippen molar-refractivity contribution in [2.45, 2.75) is 157 Å². The molecular formula is C40H66O3Si. The lowest BCUT2D eigenvalue weighted by molar-refractivity contribution is -0.185. The highest BCUT2D eigenvalue weighted by molar-refractivity contribution is 6.74. The first-order chi connectivity index (χ1) is 20.6. The highest BCUT2D eigenvalue weighted by atomic mass is 28.4. The Bertz CT molecular complexity index is 1120. The van der Waals surface area contributed by atoms with E-state index >= 15 is 0 Å². The minimum absolute atomic E-state index is 0.247. The van der Waals surface area contributed by atoms with Crippen molar-refractivity contribution in [1.82, 2.24) is 0 Å². The Kier molecular flexibility index (Phi) is 10.1. The van der Waals surface area contributed by atoms with Crippen molar-refractivity contribution in [3.05, 3.63) is 35.9 Å². The van der Waals surface area contributed by atoms with Crippen LogP contribution in [0, 0.1) is 52.3 Å². The molecule has 0 heterocycles. The van der Waals surface area contributed by atoms with Crippen LogP contribution in [0.5, 0.6) is 0 Å². The summed E-state index contributed by atoms with van der Waals surface area (Å²) in [6, 6.07) is 10.7. The fourth-order valence-electron chi connectivity index (χ4n) is 10.6. The van der Waals surface area contributed by atoms with Gasteiger partial charge in [-0.1, -0.05) is 85.7 Å². The zero-order chi connectivity index (χ0) is 32.1. The second-order valence-corrected chi connectivity index (χ2v) is 23.0. The van der Waals surface area contributed by atoms with Gasteiger partial charge in [-0.3, -0.25) is 4.79 Å². The molecule has 0 radical (unpaired) electrons. The molecule has 6 unspecified atom stereocenters. The van der Waals surface area contributed by atoms with Gasteiger partial charge in [-0.05, 0) is 127 Å². The molecule has 0 aliphatic heterocycles. The van der Waals surface area contributed by atoms with Crippen LogP contribution in [0.4, 0.5) is 0 Å².